The molecule has 0 bridgehead atoms. The maximum atomic E-state index is 14.2. The Hall–Kier alpha value is -3.52. The van der Waals surface area contributed by atoms with E-state index in [0.717, 1.165) is 18.0 Å². The largest absolute Gasteiger partial charge is 0.493 e. The van der Waals surface area contributed by atoms with Crippen molar-refractivity contribution in [1.82, 2.24) is 9.80 Å². The number of ether oxygens (including phenoxy) is 2. The zero-order valence-corrected chi connectivity index (χ0v) is 21.0. The van der Waals surface area contributed by atoms with Crippen LogP contribution < -0.4 is 14.4 Å². The molecule has 3 aromatic rings. The first-order valence-corrected chi connectivity index (χ1v) is 12.6. The number of fused-ring (bicyclic) bond motifs is 1. The van der Waals surface area contributed by atoms with Gasteiger partial charge >= 0.3 is 0 Å². The highest BCUT2D eigenvalue weighted by Crippen LogP contribution is 2.47. The maximum Gasteiger partial charge on any atom is 0.254 e. The summed E-state index contributed by atoms with van der Waals surface area (Å²) >= 11 is 1.56. The summed E-state index contributed by atoms with van der Waals surface area (Å²) in [5.74, 6) is 0.362. The van der Waals surface area contributed by atoms with Crippen molar-refractivity contribution in [2.24, 2.45) is 0 Å². The van der Waals surface area contributed by atoms with E-state index in [0.29, 0.717) is 35.7 Å². The summed E-state index contributed by atoms with van der Waals surface area (Å²) < 4.78 is 11.0. The Bertz CT molecular complexity index is 1210. The number of carbonyl (C=O) groups excluding carboxylic acids is 2. The van der Waals surface area contributed by atoms with Gasteiger partial charge in [0.15, 0.2) is 11.5 Å². The third kappa shape index (κ3) is 4.12. The van der Waals surface area contributed by atoms with Crippen LogP contribution in [-0.4, -0.2) is 69.1 Å². The number of thiophene rings is 1. The minimum absolute atomic E-state index is 0.0314. The Morgan fingerprint density at radius 3 is 2.26 bits per heavy atom. The van der Waals surface area contributed by atoms with Crippen molar-refractivity contribution in [3.05, 3.63) is 76.0 Å². The number of piperazine rings is 1. The fourth-order valence-electron chi connectivity index (χ4n) is 5.15. The van der Waals surface area contributed by atoms with Crippen LogP contribution in [0.2, 0.25) is 0 Å². The Morgan fingerprint density at radius 2 is 1.63 bits per heavy atom. The number of benzene rings is 2. The zero-order chi connectivity index (χ0) is 24.5. The van der Waals surface area contributed by atoms with Crippen molar-refractivity contribution in [3.8, 4) is 11.5 Å². The number of rotatable bonds is 5. The molecule has 8 heteroatoms. The average Bonchev–Trinajstić information content (AvgIpc) is 3.44. The first-order chi connectivity index (χ1) is 17.0. The van der Waals surface area contributed by atoms with Crippen molar-refractivity contribution >= 4 is 28.8 Å². The van der Waals surface area contributed by atoms with E-state index in [1.54, 1.807) is 43.6 Å². The summed E-state index contributed by atoms with van der Waals surface area (Å²) in [6, 6.07) is 17.4. The number of hydrogen-bond acceptors (Lipinski definition) is 6. The monoisotopic (exact) mass is 491 g/mol. The number of amides is 2. The second-order valence-corrected chi connectivity index (χ2v) is 9.78. The molecule has 3 heterocycles. The van der Waals surface area contributed by atoms with E-state index in [1.807, 2.05) is 46.7 Å². The molecular weight excluding hydrogens is 462 g/mol. The summed E-state index contributed by atoms with van der Waals surface area (Å²) in [6.07, 6.45) is 0. The highest BCUT2D eigenvalue weighted by Gasteiger charge is 2.45. The number of carbonyl (C=O) groups is 2. The van der Waals surface area contributed by atoms with Crippen LogP contribution in [0.5, 0.6) is 11.5 Å². The van der Waals surface area contributed by atoms with Gasteiger partial charge in [-0.25, -0.2) is 0 Å². The summed E-state index contributed by atoms with van der Waals surface area (Å²) in [4.78, 5) is 34.5. The second kappa shape index (κ2) is 9.62. The molecule has 7 nitrogen and oxygen atoms in total. The fourth-order valence-corrected chi connectivity index (χ4v) is 6.06. The molecule has 0 aliphatic carbocycles. The van der Waals surface area contributed by atoms with Gasteiger partial charge in [0.25, 0.3) is 5.91 Å². The lowest BCUT2D eigenvalue weighted by molar-refractivity contribution is -0.134. The molecule has 35 heavy (non-hydrogen) atoms. The van der Waals surface area contributed by atoms with Gasteiger partial charge < -0.3 is 24.2 Å². The molecule has 2 aromatic carbocycles. The van der Waals surface area contributed by atoms with Crippen LogP contribution in [0.3, 0.4) is 0 Å². The normalized spacial score (nSPS) is 20.0. The molecule has 1 fully saturated rings. The van der Waals surface area contributed by atoms with Gasteiger partial charge in [-0.05, 0) is 41.3 Å². The van der Waals surface area contributed by atoms with Gasteiger partial charge in [-0.3, -0.25) is 9.59 Å². The smallest absolute Gasteiger partial charge is 0.254 e. The molecule has 0 unspecified atom stereocenters. The molecule has 0 spiro atoms. The predicted molar refractivity (Wildman–Crippen MR) is 137 cm³/mol. The van der Waals surface area contributed by atoms with Crippen LogP contribution in [0.4, 0.5) is 5.69 Å². The van der Waals surface area contributed by atoms with Crippen molar-refractivity contribution in [3.63, 3.8) is 0 Å². The summed E-state index contributed by atoms with van der Waals surface area (Å²) in [5, 5.41) is 1.98. The predicted octanol–water partition coefficient (Wildman–Crippen LogP) is 4.02. The molecular formula is C27H29N3O4S. The lowest BCUT2D eigenvalue weighted by Gasteiger charge is -2.43. The van der Waals surface area contributed by atoms with E-state index < -0.39 is 5.92 Å². The number of anilines is 1. The van der Waals surface area contributed by atoms with Crippen LogP contribution in [0.1, 0.15) is 32.8 Å². The minimum Gasteiger partial charge on any atom is -0.493 e. The highest BCUT2D eigenvalue weighted by molar-refractivity contribution is 7.10. The van der Waals surface area contributed by atoms with Crippen LogP contribution in [-0.2, 0) is 4.79 Å². The van der Waals surface area contributed by atoms with Gasteiger partial charge in [-0.2, -0.15) is 0 Å². The Morgan fingerprint density at radius 1 is 0.943 bits per heavy atom. The fraction of sp³-hybridized carbons (Fsp3) is 0.333. The van der Waals surface area contributed by atoms with E-state index >= 15 is 0 Å². The first kappa shape index (κ1) is 23.2. The van der Waals surface area contributed by atoms with Gasteiger partial charge in [0.1, 0.15) is 0 Å². The van der Waals surface area contributed by atoms with E-state index in [1.165, 1.54) is 5.69 Å². The zero-order valence-electron chi connectivity index (χ0n) is 20.1. The van der Waals surface area contributed by atoms with Crippen molar-refractivity contribution in [1.29, 1.82) is 0 Å². The summed E-state index contributed by atoms with van der Waals surface area (Å²) in [6.45, 7) is 2.78. The van der Waals surface area contributed by atoms with Crippen molar-refractivity contribution in [2.45, 2.75) is 12.0 Å². The Labute approximate surface area is 209 Å². The quantitative estimate of drug-likeness (QED) is 0.540. The van der Waals surface area contributed by atoms with Gasteiger partial charge in [0, 0.05) is 49.4 Å². The van der Waals surface area contributed by atoms with Crippen LogP contribution in [0.15, 0.2) is 60.0 Å². The first-order valence-electron chi connectivity index (χ1n) is 11.7. The number of likely N-dealkylation sites (N-methyl/N-ethyl adjacent to an activating group) is 1. The topological polar surface area (TPSA) is 62.3 Å². The van der Waals surface area contributed by atoms with E-state index in [9.17, 15) is 9.59 Å². The molecule has 2 amide bonds. The molecule has 5 rings (SSSR count). The summed E-state index contributed by atoms with van der Waals surface area (Å²) in [7, 11) is 4.89. The minimum atomic E-state index is -0.533. The molecule has 2 atom stereocenters. The molecule has 0 radical (unpaired) electrons. The van der Waals surface area contributed by atoms with Gasteiger partial charge in [-0.1, -0.05) is 24.3 Å². The number of para-hydroxylation sites is 1. The van der Waals surface area contributed by atoms with Gasteiger partial charge in [-0.15, -0.1) is 11.3 Å². The Balaban J connectivity index is 1.51. The maximum absolute atomic E-state index is 14.2. The van der Waals surface area contributed by atoms with E-state index in [4.69, 9.17) is 9.47 Å². The Kier molecular flexibility index (Phi) is 6.38. The third-order valence-electron chi connectivity index (χ3n) is 6.99. The molecule has 0 saturated carbocycles. The molecule has 1 aromatic heterocycles. The van der Waals surface area contributed by atoms with Gasteiger partial charge in [0.05, 0.1) is 26.2 Å². The SMILES string of the molecule is COc1cc2c(cc1OC)[C@H](C(=O)N1CCN(c3ccccc3)CC1)[C@H](c1cccs1)N(C)C2=O. The van der Waals surface area contributed by atoms with E-state index in [2.05, 4.69) is 17.0 Å². The molecule has 2 aliphatic rings. The van der Waals surface area contributed by atoms with Crippen molar-refractivity contribution in [2.75, 3.05) is 52.3 Å². The number of nitrogens with zero attached hydrogens (tertiary/aromatic N) is 3. The van der Waals surface area contributed by atoms with Crippen LogP contribution in [0.25, 0.3) is 0 Å². The number of hydrogen-bond donors (Lipinski definition) is 0. The van der Waals surface area contributed by atoms with E-state index in [-0.39, 0.29) is 17.9 Å². The average molecular weight is 492 g/mol. The van der Waals surface area contributed by atoms with Crippen LogP contribution in [0, 0.1) is 0 Å². The molecule has 2 aliphatic heterocycles. The molecule has 1 saturated heterocycles. The highest BCUT2D eigenvalue weighted by atomic mass is 32.1. The standard InChI is InChI=1S/C27H29N3O4S/c1-28-25(23-10-7-15-35-23)24(19-16-21(33-2)22(34-3)17-20(19)26(28)31)27(32)30-13-11-29(12-14-30)18-8-5-4-6-9-18/h4-10,15-17,24-25H,11-14H2,1-3H3/t24-,25-/m0/s1. The number of methoxy groups -OCH3 is 2. The second-order valence-electron chi connectivity index (χ2n) is 8.80. The molecule has 0 N–H and O–H groups in total. The molecule has 182 valence electrons. The van der Waals surface area contributed by atoms with Crippen LogP contribution >= 0.6 is 11.3 Å². The van der Waals surface area contributed by atoms with Crippen molar-refractivity contribution < 1.29 is 19.1 Å². The summed E-state index contributed by atoms with van der Waals surface area (Å²) in [5.41, 5.74) is 2.35. The third-order valence-corrected chi connectivity index (χ3v) is 7.93. The van der Waals surface area contributed by atoms with Gasteiger partial charge in [0.2, 0.25) is 5.91 Å². The lowest BCUT2D eigenvalue weighted by Crippen LogP contribution is -2.53. The lowest BCUT2D eigenvalue weighted by atomic mass is 9.81.